The Hall–Kier alpha value is -2.37. The number of methoxy groups -OCH3 is 1. The van der Waals surface area contributed by atoms with Gasteiger partial charge in [0.05, 0.1) is 19.3 Å². The first kappa shape index (κ1) is 20.9. The Bertz CT molecular complexity index is 865. The number of piperidine rings is 1. The Morgan fingerprint density at radius 3 is 2.57 bits per heavy atom. The van der Waals surface area contributed by atoms with Gasteiger partial charge in [-0.3, -0.25) is 4.79 Å². The van der Waals surface area contributed by atoms with E-state index in [1.807, 2.05) is 43.3 Å². The molecule has 0 radical (unpaired) electrons. The molecule has 0 bridgehead atoms. The maximum atomic E-state index is 12.9. The molecule has 4 atom stereocenters. The lowest BCUT2D eigenvalue weighted by molar-refractivity contribution is -0.937. The van der Waals surface area contributed by atoms with Crippen LogP contribution in [-0.4, -0.2) is 36.8 Å². The summed E-state index contributed by atoms with van der Waals surface area (Å²) in [5.41, 5.74) is 2.57. The maximum absolute atomic E-state index is 12.9. The molecule has 1 amide bonds. The molecule has 1 aliphatic heterocycles. The van der Waals surface area contributed by atoms with Crippen molar-refractivity contribution in [2.24, 2.45) is 5.92 Å². The van der Waals surface area contributed by atoms with E-state index in [0.717, 1.165) is 50.1 Å². The lowest BCUT2D eigenvalue weighted by Crippen LogP contribution is -3.16. The summed E-state index contributed by atoms with van der Waals surface area (Å²) in [4.78, 5) is 14.1. The number of carbonyl (C=O) groups is 1. The molecule has 2 aromatic rings. The summed E-state index contributed by atoms with van der Waals surface area (Å²) in [5, 5.41) is 14.4. The lowest BCUT2D eigenvalue weighted by atomic mass is 9.66. The zero-order chi connectivity index (χ0) is 21.1. The van der Waals surface area contributed by atoms with Crippen LogP contribution in [-0.2, 0) is 4.79 Å². The molecule has 1 unspecified atom stereocenters. The van der Waals surface area contributed by atoms with Crippen LogP contribution in [0.3, 0.4) is 0 Å². The van der Waals surface area contributed by atoms with E-state index in [9.17, 15) is 9.90 Å². The van der Waals surface area contributed by atoms with Gasteiger partial charge in [0, 0.05) is 23.6 Å². The van der Waals surface area contributed by atoms with E-state index < -0.39 is 5.60 Å². The molecule has 2 aliphatic rings. The molecule has 30 heavy (non-hydrogen) atoms. The molecule has 5 nitrogen and oxygen atoms in total. The number of benzene rings is 2. The zero-order valence-electron chi connectivity index (χ0n) is 18.0. The van der Waals surface area contributed by atoms with Crippen molar-refractivity contribution in [3.63, 3.8) is 0 Å². The van der Waals surface area contributed by atoms with Gasteiger partial charge in [0.1, 0.15) is 11.8 Å². The predicted octanol–water partition coefficient (Wildman–Crippen LogP) is 2.89. The van der Waals surface area contributed by atoms with Crippen LogP contribution < -0.4 is 15.0 Å². The van der Waals surface area contributed by atoms with Gasteiger partial charge in [-0.05, 0) is 56.2 Å². The number of amides is 1. The van der Waals surface area contributed by atoms with Crippen LogP contribution in [0.25, 0.3) is 0 Å². The predicted molar refractivity (Wildman–Crippen MR) is 118 cm³/mol. The smallest absolute Gasteiger partial charge is 0.279 e. The summed E-state index contributed by atoms with van der Waals surface area (Å²) in [6, 6.07) is 16.2. The van der Waals surface area contributed by atoms with Crippen LogP contribution in [0.1, 0.15) is 49.3 Å². The van der Waals surface area contributed by atoms with Gasteiger partial charge in [0.2, 0.25) is 0 Å². The highest BCUT2D eigenvalue weighted by Gasteiger charge is 2.51. The summed E-state index contributed by atoms with van der Waals surface area (Å²) in [6.45, 7) is 3.23. The fraction of sp³-hybridized carbons (Fsp3) is 0.480. The Kier molecular flexibility index (Phi) is 6.11. The van der Waals surface area contributed by atoms with Gasteiger partial charge in [-0.25, -0.2) is 0 Å². The van der Waals surface area contributed by atoms with Crippen molar-refractivity contribution in [2.45, 2.75) is 50.7 Å². The first-order valence-electron chi connectivity index (χ1n) is 11.1. The van der Waals surface area contributed by atoms with E-state index in [2.05, 4.69) is 17.4 Å². The molecular weight excluding hydrogens is 376 g/mol. The van der Waals surface area contributed by atoms with Crippen molar-refractivity contribution < 1.29 is 19.5 Å². The second-order valence-electron chi connectivity index (χ2n) is 8.96. The van der Waals surface area contributed by atoms with Crippen LogP contribution in [0.15, 0.2) is 48.5 Å². The van der Waals surface area contributed by atoms with E-state index in [0.29, 0.717) is 6.54 Å². The molecule has 1 saturated carbocycles. The van der Waals surface area contributed by atoms with Crippen LogP contribution in [0, 0.1) is 12.8 Å². The minimum atomic E-state index is -0.611. The van der Waals surface area contributed by atoms with Crippen molar-refractivity contribution in [1.82, 2.24) is 0 Å². The second kappa shape index (κ2) is 8.78. The van der Waals surface area contributed by atoms with E-state index in [1.165, 1.54) is 16.0 Å². The number of ether oxygens (including phenoxy) is 1. The molecular formula is C25H33N2O3+. The van der Waals surface area contributed by atoms with E-state index in [4.69, 9.17) is 4.74 Å². The molecule has 0 spiro atoms. The van der Waals surface area contributed by atoms with Gasteiger partial charge in [0.15, 0.2) is 6.54 Å². The second-order valence-corrected chi connectivity index (χ2v) is 8.96. The minimum absolute atomic E-state index is 0.0219. The fourth-order valence-electron chi connectivity index (χ4n) is 5.38. The van der Waals surface area contributed by atoms with Crippen molar-refractivity contribution >= 4 is 11.6 Å². The molecule has 2 aromatic carbocycles. The number of rotatable bonds is 5. The van der Waals surface area contributed by atoms with Gasteiger partial charge in [-0.15, -0.1) is 0 Å². The quantitative estimate of drug-likeness (QED) is 0.712. The zero-order valence-corrected chi connectivity index (χ0v) is 18.0. The average molecular weight is 410 g/mol. The standard InChI is InChI=1S/C25H32N2O3/c1-18-6-10-20(11-7-18)26-23(28)17-27-16-15-25(29)14-4-3-5-22(25)24(27)19-8-12-21(30-2)13-9-19/h6-13,22,24,29H,3-5,14-17H2,1-2H3,(H,26,28)/p+1/t22-,24+,25-/m1/s1. The summed E-state index contributed by atoms with van der Waals surface area (Å²) >= 11 is 0. The number of likely N-dealkylation sites (tertiary alicyclic amines) is 1. The number of anilines is 1. The van der Waals surface area contributed by atoms with Crippen molar-refractivity contribution in [3.8, 4) is 5.75 Å². The van der Waals surface area contributed by atoms with Gasteiger partial charge in [-0.1, -0.05) is 30.5 Å². The Morgan fingerprint density at radius 2 is 1.87 bits per heavy atom. The first-order chi connectivity index (χ1) is 14.5. The Balaban J connectivity index is 1.56. The van der Waals surface area contributed by atoms with E-state index in [1.54, 1.807) is 7.11 Å². The summed E-state index contributed by atoms with van der Waals surface area (Å²) < 4.78 is 5.33. The van der Waals surface area contributed by atoms with Crippen molar-refractivity contribution in [1.29, 1.82) is 0 Å². The molecule has 5 heteroatoms. The third-order valence-corrected chi connectivity index (χ3v) is 6.98. The highest BCUT2D eigenvalue weighted by Crippen LogP contribution is 2.44. The number of nitrogens with one attached hydrogen (secondary N) is 2. The number of hydrogen-bond donors (Lipinski definition) is 3. The third-order valence-electron chi connectivity index (χ3n) is 6.98. The SMILES string of the molecule is COc1ccc([C@H]2[C@H]3CCCC[C@@]3(O)CC[NH+]2CC(=O)Nc2ccc(C)cc2)cc1. The molecule has 3 N–H and O–H groups in total. The number of quaternary nitrogens is 1. The first-order valence-corrected chi connectivity index (χ1v) is 11.1. The normalized spacial score (nSPS) is 28.4. The summed E-state index contributed by atoms with van der Waals surface area (Å²) in [6.07, 6.45) is 4.87. The van der Waals surface area contributed by atoms with Crippen molar-refractivity contribution in [3.05, 3.63) is 59.7 Å². The van der Waals surface area contributed by atoms with E-state index in [-0.39, 0.29) is 17.9 Å². The average Bonchev–Trinajstić information content (AvgIpc) is 2.75. The van der Waals surface area contributed by atoms with Crippen LogP contribution in [0.2, 0.25) is 0 Å². The number of hydrogen-bond acceptors (Lipinski definition) is 3. The number of fused-ring (bicyclic) bond motifs is 1. The van der Waals surface area contributed by atoms with Crippen LogP contribution >= 0.6 is 0 Å². The van der Waals surface area contributed by atoms with Gasteiger partial charge in [0.25, 0.3) is 5.91 Å². The Labute approximate surface area is 179 Å². The molecule has 160 valence electrons. The summed E-state index contributed by atoms with van der Waals surface area (Å²) in [7, 11) is 1.67. The number of carbonyl (C=O) groups excluding carboxylic acids is 1. The minimum Gasteiger partial charge on any atom is -0.497 e. The van der Waals surface area contributed by atoms with E-state index >= 15 is 0 Å². The highest BCUT2D eigenvalue weighted by molar-refractivity contribution is 5.91. The fourth-order valence-corrected chi connectivity index (χ4v) is 5.38. The van der Waals surface area contributed by atoms with Crippen LogP contribution in [0.5, 0.6) is 5.75 Å². The van der Waals surface area contributed by atoms with Gasteiger partial charge in [-0.2, -0.15) is 0 Å². The molecule has 0 aromatic heterocycles. The van der Waals surface area contributed by atoms with Crippen LogP contribution in [0.4, 0.5) is 5.69 Å². The lowest BCUT2D eigenvalue weighted by Gasteiger charge is -2.50. The molecule has 4 rings (SSSR count). The largest absolute Gasteiger partial charge is 0.497 e. The van der Waals surface area contributed by atoms with Crippen molar-refractivity contribution in [2.75, 3.05) is 25.5 Å². The molecule has 1 saturated heterocycles. The highest BCUT2D eigenvalue weighted by atomic mass is 16.5. The molecule has 1 aliphatic carbocycles. The Morgan fingerprint density at radius 1 is 1.13 bits per heavy atom. The number of aryl methyl sites for hydroxylation is 1. The number of aliphatic hydroxyl groups is 1. The maximum Gasteiger partial charge on any atom is 0.279 e. The molecule has 1 heterocycles. The monoisotopic (exact) mass is 409 g/mol. The third kappa shape index (κ3) is 4.37. The topological polar surface area (TPSA) is 63.0 Å². The van der Waals surface area contributed by atoms with Gasteiger partial charge >= 0.3 is 0 Å². The van der Waals surface area contributed by atoms with Gasteiger partial charge < -0.3 is 20.1 Å². The molecule has 2 fully saturated rings. The summed E-state index contributed by atoms with van der Waals surface area (Å²) in [5.74, 6) is 1.02.